The number of hydrogen-bond donors (Lipinski definition) is 1. The van der Waals surface area contributed by atoms with E-state index in [9.17, 15) is 4.79 Å². The van der Waals surface area contributed by atoms with Crippen molar-refractivity contribution in [3.8, 4) is 0 Å². The molecule has 78 valence electrons. The Morgan fingerprint density at radius 1 is 1.46 bits per heavy atom. The summed E-state index contributed by atoms with van der Waals surface area (Å²) in [6.45, 7) is 7.08. The van der Waals surface area contributed by atoms with Crippen LogP contribution in [0.5, 0.6) is 0 Å². The quantitative estimate of drug-likeness (QED) is 0.721. The monoisotopic (exact) mass is 249 g/mol. The fourth-order valence-corrected chi connectivity index (χ4v) is 1.17. The number of halogens is 1. The van der Waals surface area contributed by atoms with Crippen LogP contribution >= 0.6 is 15.9 Å². The lowest BCUT2D eigenvalue weighted by atomic mass is 10.1. The molecule has 2 atom stereocenters. The first kappa shape index (κ1) is 12.9. The lowest BCUT2D eigenvalue weighted by Gasteiger charge is -2.09. The molecule has 0 heterocycles. The summed E-state index contributed by atoms with van der Waals surface area (Å²) in [5.74, 6) is 0.684. The second-order valence-electron chi connectivity index (χ2n) is 3.64. The molecular weight excluding hydrogens is 230 g/mol. The van der Waals surface area contributed by atoms with Crippen LogP contribution in [-0.4, -0.2) is 17.3 Å². The van der Waals surface area contributed by atoms with Gasteiger partial charge in [-0.15, -0.1) is 0 Å². The average Bonchev–Trinajstić information content (AvgIpc) is 2.03. The van der Waals surface area contributed by atoms with Gasteiger partial charge in [0.05, 0.1) is 0 Å². The van der Waals surface area contributed by atoms with Gasteiger partial charge in [-0.25, -0.2) is 0 Å². The van der Waals surface area contributed by atoms with E-state index in [-0.39, 0.29) is 5.91 Å². The zero-order valence-corrected chi connectivity index (χ0v) is 10.4. The molecular formula is C10H20BrNO. The largest absolute Gasteiger partial charge is 0.356 e. The van der Waals surface area contributed by atoms with E-state index in [4.69, 9.17) is 0 Å². The van der Waals surface area contributed by atoms with Gasteiger partial charge in [0, 0.05) is 17.8 Å². The van der Waals surface area contributed by atoms with Gasteiger partial charge < -0.3 is 5.32 Å². The summed E-state index contributed by atoms with van der Waals surface area (Å²) in [5, 5.41) is 2.91. The summed E-state index contributed by atoms with van der Waals surface area (Å²) in [6, 6.07) is 0. The predicted molar refractivity (Wildman–Crippen MR) is 60.1 cm³/mol. The Kier molecular flexibility index (Phi) is 7.33. The van der Waals surface area contributed by atoms with Gasteiger partial charge in [-0.2, -0.15) is 0 Å². The zero-order valence-electron chi connectivity index (χ0n) is 8.77. The van der Waals surface area contributed by atoms with E-state index < -0.39 is 0 Å². The smallest absolute Gasteiger partial charge is 0.220 e. The van der Waals surface area contributed by atoms with Gasteiger partial charge in [-0.1, -0.05) is 43.1 Å². The maximum absolute atomic E-state index is 11.3. The van der Waals surface area contributed by atoms with Crippen molar-refractivity contribution in [2.75, 3.05) is 6.54 Å². The Morgan fingerprint density at radius 2 is 2.08 bits per heavy atom. The highest BCUT2D eigenvalue weighted by atomic mass is 79.9. The van der Waals surface area contributed by atoms with Crippen LogP contribution in [0.15, 0.2) is 0 Å². The highest BCUT2D eigenvalue weighted by Crippen LogP contribution is 2.06. The van der Waals surface area contributed by atoms with Crippen molar-refractivity contribution in [1.82, 2.24) is 5.32 Å². The molecule has 0 saturated heterocycles. The average molecular weight is 250 g/mol. The van der Waals surface area contributed by atoms with Gasteiger partial charge in [0.15, 0.2) is 0 Å². The molecule has 0 saturated carbocycles. The number of alkyl halides is 1. The number of rotatable bonds is 6. The van der Waals surface area contributed by atoms with E-state index in [1.54, 1.807) is 0 Å². The maximum Gasteiger partial charge on any atom is 0.220 e. The lowest BCUT2D eigenvalue weighted by Crippen LogP contribution is -2.26. The third kappa shape index (κ3) is 8.28. The van der Waals surface area contributed by atoms with Crippen molar-refractivity contribution in [1.29, 1.82) is 0 Å². The molecule has 0 aliphatic rings. The van der Waals surface area contributed by atoms with Crippen LogP contribution in [-0.2, 0) is 4.79 Å². The van der Waals surface area contributed by atoms with E-state index in [0.29, 0.717) is 17.2 Å². The summed E-state index contributed by atoms with van der Waals surface area (Å²) >= 11 is 3.44. The Hall–Kier alpha value is -0.0500. The third-order valence-electron chi connectivity index (χ3n) is 2.10. The zero-order chi connectivity index (χ0) is 10.3. The Labute approximate surface area is 89.6 Å². The Bertz CT molecular complexity index is 148. The van der Waals surface area contributed by atoms with Gasteiger partial charge in [0.2, 0.25) is 5.91 Å². The Morgan fingerprint density at radius 3 is 2.54 bits per heavy atom. The summed E-state index contributed by atoms with van der Waals surface area (Å²) in [6.07, 6.45) is 2.72. The molecule has 0 rings (SSSR count). The van der Waals surface area contributed by atoms with E-state index in [0.717, 1.165) is 19.4 Å². The molecule has 3 heteroatoms. The topological polar surface area (TPSA) is 29.1 Å². The second-order valence-corrected chi connectivity index (χ2v) is 5.20. The molecule has 13 heavy (non-hydrogen) atoms. The molecule has 0 radical (unpaired) electrons. The van der Waals surface area contributed by atoms with E-state index in [2.05, 4.69) is 42.0 Å². The third-order valence-corrected chi connectivity index (χ3v) is 2.55. The molecule has 2 unspecified atom stereocenters. The fraction of sp³-hybridized carbons (Fsp3) is 0.900. The van der Waals surface area contributed by atoms with Crippen LogP contribution in [0.4, 0.5) is 0 Å². The minimum absolute atomic E-state index is 0.183. The van der Waals surface area contributed by atoms with Crippen molar-refractivity contribution in [2.45, 2.75) is 44.9 Å². The van der Waals surface area contributed by atoms with Crippen molar-refractivity contribution in [3.63, 3.8) is 0 Å². The molecule has 0 aliphatic carbocycles. The highest BCUT2D eigenvalue weighted by Gasteiger charge is 2.06. The number of nitrogens with one attached hydrogen (secondary N) is 1. The predicted octanol–water partition coefficient (Wildman–Crippen LogP) is 2.71. The summed E-state index contributed by atoms with van der Waals surface area (Å²) in [5.41, 5.74) is 0. The molecule has 2 nitrogen and oxygen atoms in total. The first-order valence-electron chi connectivity index (χ1n) is 4.97. The van der Waals surface area contributed by atoms with Crippen LogP contribution < -0.4 is 5.32 Å². The molecule has 0 aromatic carbocycles. The van der Waals surface area contributed by atoms with Crippen molar-refractivity contribution in [2.24, 2.45) is 5.92 Å². The highest BCUT2D eigenvalue weighted by molar-refractivity contribution is 9.09. The molecule has 0 aliphatic heterocycles. The maximum atomic E-state index is 11.3. The van der Waals surface area contributed by atoms with E-state index >= 15 is 0 Å². The van der Waals surface area contributed by atoms with Crippen LogP contribution in [0.3, 0.4) is 0 Å². The first-order valence-corrected chi connectivity index (χ1v) is 5.88. The van der Waals surface area contributed by atoms with Crippen molar-refractivity contribution < 1.29 is 4.79 Å². The molecule has 1 N–H and O–H groups in total. The fourth-order valence-electron chi connectivity index (χ4n) is 0.943. The first-order chi connectivity index (χ1) is 6.06. The Balaban J connectivity index is 3.41. The molecule has 0 spiro atoms. The van der Waals surface area contributed by atoms with Crippen LogP contribution in [0, 0.1) is 5.92 Å². The normalized spacial score (nSPS) is 15.1. The number of hydrogen-bond acceptors (Lipinski definition) is 1. The van der Waals surface area contributed by atoms with Crippen LogP contribution in [0.2, 0.25) is 0 Å². The molecule has 0 aromatic heterocycles. The van der Waals surface area contributed by atoms with Gasteiger partial charge in [-0.05, 0) is 12.3 Å². The van der Waals surface area contributed by atoms with E-state index in [1.165, 1.54) is 0 Å². The molecule has 0 aromatic rings. The summed E-state index contributed by atoms with van der Waals surface area (Å²) in [7, 11) is 0. The molecule has 0 fully saturated rings. The minimum Gasteiger partial charge on any atom is -0.356 e. The van der Waals surface area contributed by atoms with Gasteiger partial charge >= 0.3 is 0 Å². The van der Waals surface area contributed by atoms with Crippen LogP contribution in [0.25, 0.3) is 0 Å². The van der Waals surface area contributed by atoms with Crippen molar-refractivity contribution in [3.05, 3.63) is 0 Å². The number of carbonyl (C=O) groups is 1. The number of carbonyl (C=O) groups excluding carboxylic acids is 1. The molecule has 0 bridgehead atoms. The SMILES string of the molecule is CCC(C)CC(=O)NCCC(C)Br. The van der Waals surface area contributed by atoms with Crippen LogP contribution in [0.1, 0.15) is 40.0 Å². The van der Waals surface area contributed by atoms with Gasteiger partial charge in [-0.3, -0.25) is 4.79 Å². The van der Waals surface area contributed by atoms with Gasteiger partial charge in [0.25, 0.3) is 0 Å². The van der Waals surface area contributed by atoms with Gasteiger partial charge in [0.1, 0.15) is 0 Å². The summed E-state index contributed by atoms with van der Waals surface area (Å²) < 4.78 is 0. The lowest BCUT2D eigenvalue weighted by molar-refractivity contribution is -0.121. The van der Waals surface area contributed by atoms with Crippen molar-refractivity contribution >= 4 is 21.8 Å². The second kappa shape index (κ2) is 7.36. The molecule has 1 amide bonds. The standard InChI is InChI=1S/C10H20BrNO/c1-4-8(2)7-10(13)12-6-5-9(3)11/h8-9H,4-7H2,1-3H3,(H,12,13). The van der Waals surface area contributed by atoms with E-state index in [1.807, 2.05) is 0 Å². The summed E-state index contributed by atoms with van der Waals surface area (Å²) in [4.78, 5) is 11.8. The number of amides is 1. The minimum atomic E-state index is 0.183.